The van der Waals surface area contributed by atoms with Gasteiger partial charge in [0.1, 0.15) is 0 Å². The number of hydrogen-bond donors (Lipinski definition) is 2. The van der Waals surface area contributed by atoms with Gasteiger partial charge in [-0.1, -0.05) is 12.6 Å². The second kappa shape index (κ2) is 10.1. The summed E-state index contributed by atoms with van der Waals surface area (Å²) in [5.74, 6) is 1.43. The molecule has 28 heavy (non-hydrogen) atoms. The maximum absolute atomic E-state index is 12.6. The van der Waals surface area contributed by atoms with Crippen LogP contribution in [0.4, 0.5) is 0 Å². The fourth-order valence-corrected chi connectivity index (χ4v) is 3.82. The van der Waals surface area contributed by atoms with Gasteiger partial charge in [0.15, 0.2) is 0 Å². The molecule has 0 aromatic heterocycles. The summed E-state index contributed by atoms with van der Waals surface area (Å²) < 4.78 is 5.60. The van der Waals surface area contributed by atoms with Crippen LogP contribution in [-0.4, -0.2) is 57.2 Å². The Labute approximate surface area is 168 Å². The van der Waals surface area contributed by atoms with Crippen LogP contribution >= 0.6 is 0 Å². The first-order chi connectivity index (χ1) is 13.5. The van der Waals surface area contributed by atoms with Gasteiger partial charge in [-0.25, -0.2) is 0 Å². The van der Waals surface area contributed by atoms with Gasteiger partial charge in [-0.05, 0) is 74.4 Å². The molecule has 1 saturated heterocycles. The van der Waals surface area contributed by atoms with E-state index in [2.05, 4.69) is 35.4 Å². The molecule has 2 aliphatic rings. The van der Waals surface area contributed by atoms with E-state index in [1.807, 2.05) is 19.1 Å². The molecule has 1 heterocycles. The fourth-order valence-electron chi connectivity index (χ4n) is 3.82. The smallest absolute Gasteiger partial charge is 0.251 e. The summed E-state index contributed by atoms with van der Waals surface area (Å²) in [6, 6.07) is 3.82. The third kappa shape index (κ3) is 6.08. The van der Waals surface area contributed by atoms with Crippen LogP contribution in [0, 0.1) is 18.8 Å². The first-order valence-corrected chi connectivity index (χ1v) is 10.6. The zero-order valence-electron chi connectivity index (χ0n) is 17.4. The lowest BCUT2D eigenvalue weighted by molar-refractivity contribution is 0.0906. The predicted octanol–water partition coefficient (Wildman–Crippen LogP) is 1.23. The highest BCUT2D eigenvalue weighted by atomic mass is 16.5. The molecule has 5 nitrogen and oxygen atoms in total. The summed E-state index contributed by atoms with van der Waals surface area (Å²) in [5.41, 5.74) is 1.71. The summed E-state index contributed by atoms with van der Waals surface area (Å²) in [6.45, 7) is 11.4. The van der Waals surface area contributed by atoms with Gasteiger partial charge in [-0.2, -0.15) is 0 Å². The van der Waals surface area contributed by atoms with Crippen molar-refractivity contribution in [3.05, 3.63) is 33.7 Å². The van der Waals surface area contributed by atoms with Gasteiger partial charge < -0.3 is 20.3 Å². The Hall–Kier alpha value is -1.85. The molecule has 1 saturated carbocycles. The summed E-state index contributed by atoms with van der Waals surface area (Å²) in [4.78, 5) is 14.9. The van der Waals surface area contributed by atoms with Gasteiger partial charge in [0.25, 0.3) is 5.91 Å². The number of hydrogen-bond acceptors (Lipinski definition) is 4. The Kier molecular flexibility index (Phi) is 7.51. The van der Waals surface area contributed by atoms with Gasteiger partial charge in [0.05, 0.1) is 6.61 Å². The molecule has 154 valence electrons. The van der Waals surface area contributed by atoms with Crippen molar-refractivity contribution in [1.82, 2.24) is 15.5 Å². The molecule has 2 N–H and O–H groups in total. The highest BCUT2D eigenvalue weighted by Gasteiger charge is 2.21. The summed E-state index contributed by atoms with van der Waals surface area (Å²) >= 11 is 0. The van der Waals surface area contributed by atoms with Crippen LogP contribution in [-0.2, 0) is 4.74 Å². The third-order valence-electron chi connectivity index (χ3n) is 5.79. The molecule has 1 aliphatic heterocycles. The Morgan fingerprint density at radius 1 is 1.29 bits per heavy atom. The highest BCUT2D eigenvalue weighted by Crippen LogP contribution is 2.28. The standard InChI is InChI=1S/C23H35N3O2/c1-17-4-7-21(23(27)25-12-13-28-16-20-5-6-20)18(2)22(17)15-26(3)14-19-8-10-24-11-9-19/h4,7,15,19-20,24H,1,5-6,8-14,16H2,2-3H3,(H,25,27)/b22-15+. The number of rotatable bonds is 9. The molecule has 1 amide bonds. The molecule has 0 radical (unpaired) electrons. The lowest BCUT2D eigenvalue weighted by Gasteiger charge is -2.27. The minimum atomic E-state index is -0.0387. The largest absolute Gasteiger partial charge is 0.380 e. The minimum Gasteiger partial charge on any atom is -0.380 e. The van der Waals surface area contributed by atoms with Crippen molar-refractivity contribution in [2.45, 2.75) is 32.6 Å². The van der Waals surface area contributed by atoms with Crippen LogP contribution in [0.3, 0.4) is 0 Å². The number of piperidine rings is 1. The fraction of sp³-hybridized carbons (Fsp3) is 0.609. The quantitative estimate of drug-likeness (QED) is 0.628. The molecule has 5 heteroatoms. The van der Waals surface area contributed by atoms with Crippen LogP contribution in [0.25, 0.3) is 12.8 Å². The van der Waals surface area contributed by atoms with Crippen molar-refractivity contribution in [2.75, 3.05) is 46.4 Å². The molecule has 1 aromatic carbocycles. The Bertz CT molecular complexity index is 767. The SMILES string of the molecule is C=c1ccc(C(=O)NCCOCC2CC2)c(C)/c1=C/N(C)CC1CCNCC1. The number of nitrogens with one attached hydrogen (secondary N) is 2. The highest BCUT2D eigenvalue weighted by molar-refractivity contribution is 5.95. The number of carbonyl (C=O) groups excluding carboxylic acids is 1. The van der Waals surface area contributed by atoms with E-state index >= 15 is 0 Å². The van der Waals surface area contributed by atoms with Crippen molar-refractivity contribution >= 4 is 18.7 Å². The van der Waals surface area contributed by atoms with Crippen LogP contribution < -0.4 is 21.1 Å². The lowest BCUT2D eigenvalue weighted by atomic mass is 9.97. The maximum atomic E-state index is 12.6. The first-order valence-electron chi connectivity index (χ1n) is 10.6. The number of carbonyl (C=O) groups is 1. The third-order valence-corrected chi connectivity index (χ3v) is 5.79. The predicted molar refractivity (Wildman–Crippen MR) is 115 cm³/mol. The van der Waals surface area contributed by atoms with Crippen molar-refractivity contribution in [1.29, 1.82) is 0 Å². The zero-order chi connectivity index (χ0) is 19.9. The molecule has 0 bridgehead atoms. The van der Waals surface area contributed by atoms with Crippen LogP contribution in [0.15, 0.2) is 12.1 Å². The second-order valence-electron chi connectivity index (χ2n) is 8.35. The molecular weight excluding hydrogens is 350 g/mol. The molecule has 0 unspecified atom stereocenters. The Balaban J connectivity index is 1.61. The van der Waals surface area contributed by atoms with Crippen LogP contribution in [0.5, 0.6) is 0 Å². The van der Waals surface area contributed by atoms with Gasteiger partial charge in [0, 0.05) is 43.7 Å². The molecular formula is C23H35N3O2. The Morgan fingerprint density at radius 3 is 2.75 bits per heavy atom. The average molecular weight is 386 g/mol. The molecule has 3 rings (SSSR count). The van der Waals surface area contributed by atoms with E-state index < -0.39 is 0 Å². The van der Waals surface area contributed by atoms with E-state index in [-0.39, 0.29) is 5.91 Å². The molecule has 1 aromatic rings. The normalized spacial score (nSPS) is 18.3. The number of benzene rings is 1. The second-order valence-corrected chi connectivity index (χ2v) is 8.35. The van der Waals surface area contributed by atoms with Gasteiger partial charge in [-0.3, -0.25) is 4.79 Å². The average Bonchev–Trinajstić information content (AvgIpc) is 3.50. The van der Waals surface area contributed by atoms with Gasteiger partial charge in [-0.15, -0.1) is 0 Å². The van der Waals surface area contributed by atoms with Crippen LogP contribution in [0.1, 0.15) is 41.6 Å². The summed E-state index contributed by atoms with van der Waals surface area (Å²) in [6.07, 6.45) is 7.16. The van der Waals surface area contributed by atoms with Crippen molar-refractivity contribution in [3.8, 4) is 0 Å². The maximum Gasteiger partial charge on any atom is 0.251 e. The van der Waals surface area contributed by atoms with E-state index in [0.29, 0.717) is 13.2 Å². The van der Waals surface area contributed by atoms with Crippen LogP contribution in [0.2, 0.25) is 0 Å². The van der Waals surface area contributed by atoms with Crippen molar-refractivity contribution < 1.29 is 9.53 Å². The van der Waals surface area contributed by atoms with Gasteiger partial charge in [0.2, 0.25) is 0 Å². The minimum absolute atomic E-state index is 0.0387. The number of ether oxygens (including phenoxy) is 1. The summed E-state index contributed by atoms with van der Waals surface area (Å²) in [5, 5.41) is 8.41. The number of nitrogens with zero attached hydrogens (tertiary/aromatic N) is 1. The zero-order valence-corrected chi connectivity index (χ0v) is 17.4. The monoisotopic (exact) mass is 385 g/mol. The van der Waals surface area contributed by atoms with Gasteiger partial charge >= 0.3 is 0 Å². The molecule has 2 fully saturated rings. The molecule has 0 spiro atoms. The van der Waals surface area contributed by atoms with E-state index in [1.165, 1.54) is 25.7 Å². The molecule has 1 aliphatic carbocycles. The van der Waals surface area contributed by atoms with Crippen molar-refractivity contribution in [3.63, 3.8) is 0 Å². The van der Waals surface area contributed by atoms with E-state index in [9.17, 15) is 4.79 Å². The topological polar surface area (TPSA) is 53.6 Å². The first kappa shape index (κ1) is 20.9. The van der Waals surface area contributed by atoms with E-state index in [1.54, 1.807) is 0 Å². The molecule has 0 atom stereocenters. The number of amides is 1. The lowest BCUT2D eigenvalue weighted by Crippen LogP contribution is -2.37. The van der Waals surface area contributed by atoms with E-state index in [4.69, 9.17) is 4.74 Å². The Morgan fingerprint density at radius 2 is 2.04 bits per heavy atom. The van der Waals surface area contributed by atoms with Crippen molar-refractivity contribution in [2.24, 2.45) is 11.8 Å². The summed E-state index contributed by atoms with van der Waals surface area (Å²) in [7, 11) is 2.12. The van der Waals surface area contributed by atoms with E-state index in [0.717, 1.165) is 59.6 Å².